The first-order valence-corrected chi connectivity index (χ1v) is 8.00. The number of rotatable bonds is 6. The molecule has 0 amide bonds. The molecule has 0 aliphatic carbocycles. The molecule has 0 saturated carbocycles. The number of piperazine rings is 1. The summed E-state index contributed by atoms with van der Waals surface area (Å²) in [5, 5.41) is 3.91. The van der Waals surface area contributed by atoms with Crippen molar-refractivity contribution in [3.63, 3.8) is 0 Å². The molecular weight excluding hydrogens is 346 g/mol. The van der Waals surface area contributed by atoms with E-state index in [1.807, 2.05) is 0 Å². The van der Waals surface area contributed by atoms with Gasteiger partial charge in [0.1, 0.15) is 5.82 Å². The van der Waals surface area contributed by atoms with Crippen LogP contribution >= 0.6 is 36.4 Å². The third kappa shape index (κ3) is 5.86. The van der Waals surface area contributed by atoms with Crippen molar-refractivity contribution in [1.82, 2.24) is 10.2 Å². The van der Waals surface area contributed by atoms with Crippen LogP contribution in [-0.2, 0) is 0 Å². The average Bonchev–Trinajstić information content (AvgIpc) is 2.46. The summed E-state index contributed by atoms with van der Waals surface area (Å²) in [4.78, 5) is 2.37. The van der Waals surface area contributed by atoms with Gasteiger partial charge in [0.15, 0.2) is 0 Å². The summed E-state index contributed by atoms with van der Waals surface area (Å²) in [7, 11) is 0. The van der Waals surface area contributed by atoms with Crippen LogP contribution < -0.4 is 5.32 Å². The lowest BCUT2D eigenvalue weighted by Crippen LogP contribution is -2.45. The summed E-state index contributed by atoms with van der Waals surface area (Å²) in [5.74, 6) is -0.169. The van der Waals surface area contributed by atoms with Gasteiger partial charge in [-0.05, 0) is 18.6 Å². The molecule has 1 aromatic rings. The van der Waals surface area contributed by atoms with E-state index in [1.54, 1.807) is 12.1 Å². The predicted molar refractivity (Wildman–Crippen MR) is 97.2 cm³/mol. The van der Waals surface area contributed by atoms with E-state index in [0.717, 1.165) is 39.0 Å². The number of hydrogen-bond donors (Lipinski definition) is 1. The lowest BCUT2D eigenvalue weighted by atomic mass is 9.97. The quantitative estimate of drug-likeness (QED) is 0.719. The Balaban J connectivity index is 0.00000220. The molecule has 2 rings (SSSR count). The first-order valence-electron chi connectivity index (χ1n) is 7.62. The SMILES string of the molecule is CCCCC[C@H](c1c(F)cccc1Cl)N1CCNCC1.Cl.Cl. The monoisotopic (exact) mass is 370 g/mol. The van der Waals surface area contributed by atoms with Crippen LogP contribution in [0, 0.1) is 5.82 Å². The second kappa shape index (κ2) is 11.5. The first kappa shape index (κ1) is 21.9. The highest BCUT2D eigenvalue weighted by Gasteiger charge is 2.26. The molecule has 1 aliphatic rings. The van der Waals surface area contributed by atoms with Crippen LogP contribution in [0.2, 0.25) is 5.02 Å². The molecule has 1 heterocycles. The summed E-state index contributed by atoms with van der Waals surface area (Å²) < 4.78 is 14.2. The Morgan fingerprint density at radius 3 is 2.50 bits per heavy atom. The molecule has 6 heteroatoms. The molecule has 128 valence electrons. The summed E-state index contributed by atoms with van der Waals surface area (Å²) in [6, 6.07) is 5.12. The van der Waals surface area contributed by atoms with Crippen molar-refractivity contribution in [2.45, 2.75) is 38.6 Å². The van der Waals surface area contributed by atoms with E-state index in [0.29, 0.717) is 10.6 Å². The molecule has 0 spiro atoms. The van der Waals surface area contributed by atoms with Gasteiger partial charge in [0.05, 0.1) is 0 Å². The highest BCUT2D eigenvalue weighted by atomic mass is 35.5. The molecule has 2 nitrogen and oxygen atoms in total. The summed E-state index contributed by atoms with van der Waals surface area (Å²) in [6.07, 6.45) is 4.47. The number of nitrogens with zero attached hydrogens (tertiary/aromatic N) is 1. The summed E-state index contributed by atoms with van der Waals surface area (Å²) in [5.41, 5.74) is 0.687. The predicted octanol–water partition coefficient (Wildman–Crippen LogP) is 4.85. The minimum Gasteiger partial charge on any atom is -0.314 e. The largest absolute Gasteiger partial charge is 0.314 e. The van der Waals surface area contributed by atoms with Gasteiger partial charge in [-0.15, -0.1) is 24.8 Å². The van der Waals surface area contributed by atoms with E-state index in [9.17, 15) is 4.39 Å². The van der Waals surface area contributed by atoms with Crippen LogP contribution in [0.4, 0.5) is 4.39 Å². The number of unbranched alkanes of at least 4 members (excludes halogenated alkanes) is 2. The van der Waals surface area contributed by atoms with Gasteiger partial charge in [0.2, 0.25) is 0 Å². The Morgan fingerprint density at radius 1 is 1.23 bits per heavy atom. The maximum atomic E-state index is 14.2. The second-order valence-electron chi connectivity index (χ2n) is 5.43. The number of hydrogen-bond acceptors (Lipinski definition) is 2. The molecule has 1 aliphatic heterocycles. The minimum absolute atomic E-state index is 0. The van der Waals surface area contributed by atoms with Crippen LogP contribution in [0.5, 0.6) is 0 Å². The number of benzene rings is 1. The smallest absolute Gasteiger partial charge is 0.129 e. The molecule has 22 heavy (non-hydrogen) atoms. The maximum Gasteiger partial charge on any atom is 0.129 e. The zero-order valence-corrected chi connectivity index (χ0v) is 15.4. The average molecular weight is 372 g/mol. The normalized spacial score (nSPS) is 16.5. The first-order chi connectivity index (χ1) is 9.74. The molecule has 1 atom stereocenters. The van der Waals surface area contributed by atoms with Crippen molar-refractivity contribution in [2.75, 3.05) is 26.2 Å². The van der Waals surface area contributed by atoms with Crippen LogP contribution in [-0.4, -0.2) is 31.1 Å². The topological polar surface area (TPSA) is 15.3 Å². The van der Waals surface area contributed by atoms with E-state index >= 15 is 0 Å². The third-order valence-corrected chi connectivity index (χ3v) is 4.34. The van der Waals surface area contributed by atoms with Crippen molar-refractivity contribution in [1.29, 1.82) is 0 Å². The molecule has 1 saturated heterocycles. The van der Waals surface area contributed by atoms with Crippen LogP contribution in [0.15, 0.2) is 18.2 Å². The van der Waals surface area contributed by atoms with E-state index in [1.165, 1.54) is 18.9 Å². The van der Waals surface area contributed by atoms with Gasteiger partial charge in [-0.1, -0.05) is 43.9 Å². The highest BCUT2D eigenvalue weighted by molar-refractivity contribution is 6.31. The summed E-state index contributed by atoms with van der Waals surface area (Å²) >= 11 is 6.27. The molecule has 1 fully saturated rings. The minimum atomic E-state index is -0.169. The van der Waals surface area contributed by atoms with Crippen LogP contribution in [0.1, 0.15) is 44.2 Å². The molecular formula is C16H26Cl3FN2. The maximum absolute atomic E-state index is 14.2. The fraction of sp³-hybridized carbons (Fsp3) is 0.625. The van der Waals surface area contributed by atoms with Gasteiger partial charge in [0, 0.05) is 42.8 Å². The molecule has 0 bridgehead atoms. The Morgan fingerprint density at radius 2 is 1.91 bits per heavy atom. The van der Waals surface area contributed by atoms with Crippen molar-refractivity contribution in [3.8, 4) is 0 Å². The Kier molecular flexibility index (Phi) is 11.4. The second-order valence-corrected chi connectivity index (χ2v) is 5.84. The van der Waals surface area contributed by atoms with Crippen molar-refractivity contribution in [3.05, 3.63) is 34.6 Å². The fourth-order valence-corrected chi connectivity index (χ4v) is 3.21. The highest BCUT2D eigenvalue weighted by Crippen LogP contribution is 2.33. The standard InChI is InChI=1S/C16H24ClFN2.2ClH/c1-2-3-4-8-15(20-11-9-19-10-12-20)16-13(17)6-5-7-14(16)18;;/h5-7,15,19H,2-4,8-12H2,1H3;2*1H/t15-;;/m1../s1. The Labute approximate surface area is 150 Å². The zero-order chi connectivity index (χ0) is 14.4. The van der Waals surface area contributed by atoms with Crippen LogP contribution in [0.3, 0.4) is 0 Å². The Hall–Kier alpha value is -0.0600. The lowest BCUT2D eigenvalue weighted by molar-refractivity contribution is 0.159. The van der Waals surface area contributed by atoms with Gasteiger partial charge in [-0.25, -0.2) is 4.39 Å². The van der Waals surface area contributed by atoms with Gasteiger partial charge in [0.25, 0.3) is 0 Å². The van der Waals surface area contributed by atoms with E-state index in [2.05, 4.69) is 17.1 Å². The fourth-order valence-electron chi connectivity index (χ4n) is 2.92. The van der Waals surface area contributed by atoms with Crippen molar-refractivity contribution < 1.29 is 4.39 Å². The van der Waals surface area contributed by atoms with Gasteiger partial charge in [-0.3, -0.25) is 4.90 Å². The zero-order valence-electron chi connectivity index (χ0n) is 13.0. The number of halogens is 4. The molecule has 0 radical (unpaired) electrons. The van der Waals surface area contributed by atoms with Crippen molar-refractivity contribution in [2.24, 2.45) is 0 Å². The molecule has 1 aromatic carbocycles. The Bertz CT molecular complexity index is 406. The molecule has 0 unspecified atom stereocenters. The molecule has 1 N–H and O–H groups in total. The van der Waals surface area contributed by atoms with E-state index in [-0.39, 0.29) is 36.7 Å². The lowest BCUT2D eigenvalue weighted by Gasteiger charge is -2.36. The van der Waals surface area contributed by atoms with E-state index in [4.69, 9.17) is 11.6 Å². The van der Waals surface area contributed by atoms with E-state index < -0.39 is 0 Å². The molecule has 0 aromatic heterocycles. The number of nitrogens with one attached hydrogen (secondary N) is 1. The third-order valence-electron chi connectivity index (χ3n) is 4.01. The van der Waals surface area contributed by atoms with Gasteiger partial charge in [-0.2, -0.15) is 0 Å². The van der Waals surface area contributed by atoms with Gasteiger partial charge >= 0.3 is 0 Å². The van der Waals surface area contributed by atoms with Crippen molar-refractivity contribution >= 4 is 36.4 Å². The van der Waals surface area contributed by atoms with Crippen LogP contribution in [0.25, 0.3) is 0 Å². The van der Waals surface area contributed by atoms with Gasteiger partial charge < -0.3 is 5.32 Å². The summed E-state index contributed by atoms with van der Waals surface area (Å²) in [6.45, 7) is 6.05.